The minimum absolute atomic E-state index is 0.0239. The maximum absolute atomic E-state index is 13.1. The lowest BCUT2D eigenvalue weighted by Crippen LogP contribution is -2.32. The van der Waals surface area contributed by atoms with E-state index in [1.165, 1.54) is 25.3 Å². The average Bonchev–Trinajstić information content (AvgIpc) is 2.98. The summed E-state index contributed by atoms with van der Waals surface area (Å²) in [5, 5.41) is 41.3. The fourth-order valence-electron chi connectivity index (χ4n) is 5.31. The molecular weight excluding hydrogens is 530 g/mol. The van der Waals surface area contributed by atoms with E-state index in [-0.39, 0.29) is 46.4 Å². The Hall–Kier alpha value is -3.31. The highest BCUT2D eigenvalue weighted by molar-refractivity contribution is 6.31. The van der Waals surface area contributed by atoms with Gasteiger partial charge in [0.25, 0.3) is 0 Å². The van der Waals surface area contributed by atoms with Crippen molar-refractivity contribution in [1.29, 1.82) is 0 Å². The summed E-state index contributed by atoms with van der Waals surface area (Å²) in [5.74, 6) is -3.68. The Bertz CT molecular complexity index is 1250. The fraction of sp³-hybridized carbons (Fsp3) is 0.516. The van der Waals surface area contributed by atoms with Gasteiger partial charge in [0.15, 0.2) is 11.6 Å². The summed E-state index contributed by atoms with van der Waals surface area (Å²) < 4.78 is 10.4. The number of aliphatic hydroxyl groups is 2. The zero-order chi connectivity index (χ0) is 31.0. The van der Waals surface area contributed by atoms with E-state index in [1.807, 2.05) is 27.7 Å². The first-order valence-electron chi connectivity index (χ1n) is 14.2. The van der Waals surface area contributed by atoms with Crippen molar-refractivity contribution in [3.05, 3.63) is 51.6 Å². The average molecular weight is 574 g/mol. The third-order valence-electron chi connectivity index (χ3n) is 7.19. The lowest BCUT2D eigenvalue weighted by Gasteiger charge is -2.32. The Labute approximate surface area is 241 Å². The highest BCUT2D eigenvalue weighted by atomic mass is 16.5. The number of aromatic hydroxyl groups is 2. The summed E-state index contributed by atoms with van der Waals surface area (Å²) in [6.45, 7) is 10.2. The molecule has 0 bridgehead atoms. The van der Waals surface area contributed by atoms with Crippen molar-refractivity contribution in [2.75, 3.05) is 20.3 Å². The van der Waals surface area contributed by atoms with Gasteiger partial charge in [0.2, 0.25) is 5.78 Å². The van der Waals surface area contributed by atoms with Gasteiger partial charge in [-0.2, -0.15) is 0 Å². The zero-order valence-corrected chi connectivity index (χ0v) is 24.7. The van der Waals surface area contributed by atoms with Crippen LogP contribution in [0.4, 0.5) is 0 Å². The number of carbonyl (C=O) groups excluding carboxylic acids is 3. The van der Waals surface area contributed by atoms with Gasteiger partial charge in [-0.05, 0) is 38.7 Å². The Morgan fingerprint density at radius 1 is 1.02 bits per heavy atom. The number of nitrogens with two attached hydrogens (primary N) is 1. The molecule has 1 fully saturated rings. The van der Waals surface area contributed by atoms with E-state index in [9.17, 15) is 29.7 Å². The summed E-state index contributed by atoms with van der Waals surface area (Å²) >= 11 is 0. The van der Waals surface area contributed by atoms with Crippen molar-refractivity contribution in [3.8, 4) is 17.2 Å². The predicted molar refractivity (Wildman–Crippen MR) is 154 cm³/mol. The first-order valence-corrected chi connectivity index (χ1v) is 14.2. The van der Waals surface area contributed by atoms with E-state index < -0.39 is 53.0 Å². The van der Waals surface area contributed by atoms with Gasteiger partial charge in [-0.15, -0.1) is 0 Å². The molecular formula is C31H43NO9. The summed E-state index contributed by atoms with van der Waals surface area (Å²) in [5.41, 5.74) is 4.83. The van der Waals surface area contributed by atoms with E-state index in [4.69, 9.17) is 20.3 Å². The molecule has 10 heteroatoms. The van der Waals surface area contributed by atoms with Crippen molar-refractivity contribution in [2.24, 2.45) is 11.7 Å². The molecule has 0 saturated carbocycles. The SMILES string of the molecule is CC.CC.CC1CC(N)CCO1.COc1cccc2c1C(=O)c1c(O)c3c(c(O)c1C2=O)CC(C(=O)CO)C[C@@H]3O. The van der Waals surface area contributed by atoms with Crippen LogP contribution in [-0.4, -0.2) is 70.2 Å². The molecule has 0 aromatic heterocycles. The first kappa shape index (κ1) is 33.9. The standard InChI is InChI=1S/C21H18O8.C6H13NO.2C2H6/c1-29-13-4-2-3-9-15(13)21(28)17-16(18(9)25)19(26)10-5-8(12(24)7-22)6-11(23)14(10)20(17)27;1-5-4-6(7)2-3-8-5;2*1-2/h2-4,8,11,22-23,26-27H,5-7H2,1H3;5-6H,2-4,7H2,1H3;2*1-2H3/t8?,11-;;;/m0.../s1. The maximum Gasteiger partial charge on any atom is 0.202 e. The van der Waals surface area contributed by atoms with Gasteiger partial charge in [0.1, 0.15) is 23.9 Å². The van der Waals surface area contributed by atoms with E-state index in [1.54, 1.807) is 0 Å². The number of aliphatic hydroxyl groups excluding tert-OH is 2. The molecule has 10 nitrogen and oxygen atoms in total. The molecule has 1 saturated heterocycles. The Kier molecular flexibility index (Phi) is 12.5. The summed E-state index contributed by atoms with van der Waals surface area (Å²) in [7, 11) is 1.34. The van der Waals surface area contributed by atoms with Gasteiger partial charge < -0.3 is 35.6 Å². The number of phenols is 2. The molecule has 41 heavy (non-hydrogen) atoms. The molecule has 1 aliphatic heterocycles. The molecule has 5 rings (SSSR count). The summed E-state index contributed by atoms with van der Waals surface area (Å²) in [4.78, 5) is 38.1. The van der Waals surface area contributed by atoms with Crippen LogP contribution in [0.15, 0.2) is 18.2 Å². The molecule has 0 spiro atoms. The van der Waals surface area contributed by atoms with Crippen LogP contribution in [0.25, 0.3) is 0 Å². The number of carbonyl (C=O) groups is 3. The number of hydrogen-bond donors (Lipinski definition) is 5. The number of phenolic OH excluding ortho intramolecular Hbond substituents is 2. The van der Waals surface area contributed by atoms with Crippen LogP contribution in [-0.2, 0) is 16.0 Å². The number of rotatable bonds is 3. The number of methoxy groups -OCH3 is 1. The highest BCUT2D eigenvalue weighted by Gasteiger charge is 2.43. The van der Waals surface area contributed by atoms with E-state index in [2.05, 4.69) is 6.92 Å². The molecule has 0 amide bonds. The molecule has 3 unspecified atom stereocenters. The molecule has 0 radical (unpaired) electrons. The van der Waals surface area contributed by atoms with Crippen molar-refractivity contribution in [2.45, 2.75) is 78.6 Å². The number of Topliss-reactive ketones (excluding diaryl/α,β-unsaturated/α-hetero) is 1. The number of hydrogen-bond acceptors (Lipinski definition) is 10. The van der Waals surface area contributed by atoms with Crippen molar-refractivity contribution < 1.29 is 44.3 Å². The molecule has 2 aliphatic carbocycles. The van der Waals surface area contributed by atoms with Gasteiger partial charge in [-0.25, -0.2) is 0 Å². The lowest BCUT2D eigenvalue weighted by atomic mass is 9.74. The predicted octanol–water partition coefficient (Wildman–Crippen LogP) is 3.60. The largest absolute Gasteiger partial charge is 0.507 e. The first-order chi connectivity index (χ1) is 19.6. The van der Waals surface area contributed by atoms with E-state index >= 15 is 0 Å². The molecule has 2 aromatic carbocycles. The Morgan fingerprint density at radius 2 is 1.66 bits per heavy atom. The molecule has 226 valence electrons. The van der Waals surface area contributed by atoms with Crippen molar-refractivity contribution in [3.63, 3.8) is 0 Å². The van der Waals surface area contributed by atoms with Gasteiger partial charge in [-0.3, -0.25) is 14.4 Å². The molecule has 1 heterocycles. The van der Waals surface area contributed by atoms with Gasteiger partial charge in [0.05, 0.1) is 36.0 Å². The van der Waals surface area contributed by atoms with Crippen LogP contribution in [0.1, 0.15) is 103 Å². The Balaban J connectivity index is 0.000000414. The third kappa shape index (κ3) is 6.78. The minimum atomic E-state index is -1.35. The van der Waals surface area contributed by atoms with Crippen molar-refractivity contribution >= 4 is 17.3 Å². The minimum Gasteiger partial charge on any atom is -0.507 e. The lowest BCUT2D eigenvalue weighted by molar-refractivity contribution is -0.127. The molecule has 3 aliphatic rings. The quantitative estimate of drug-likeness (QED) is 0.291. The van der Waals surface area contributed by atoms with Crippen LogP contribution in [0.3, 0.4) is 0 Å². The topological polar surface area (TPSA) is 177 Å². The monoisotopic (exact) mass is 573 g/mol. The number of ketones is 3. The van der Waals surface area contributed by atoms with Gasteiger partial charge >= 0.3 is 0 Å². The Morgan fingerprint density at radius 3 is 2.20 bits per heavy atom. The second-order valence-corrected chi connectivity index (χ2v) is 9.62. The number of benzene rings is 2. The highest BCUT2D eigenvalue weighted by Crippen LogP contribution is 2.50. The maximum atomic E-state index is 13.1. The van der Waals surface area contributed by atoms with Crippen LogP contribution < -0.4 is 10.5 Å². The van der Waals surface area contributed by atoms with Crippen LogP contribution in [0.5, 0.6) is 17.2 Å². The van der Waals surface area contributed by atoms with E-state index in [0.717, 1.165) is 19.4 Å². The summed E-state index contributed by atoms with van der Waals surface area (Å²) in [6, 6.07) is 4.84. The molecule has 2 aromatic rings. The molecule has 4 atom stereocenters. The number of fused-ring (bicyclic) bond motifs is 3. The smallest absolute Gasteiger partial charge is 0.202 e. The number of ether oxygens (including phenoxy) is 2. The molecule has 6 N–H and O–H groups in total. The second kappa shape index (κ2) is 15.1. The van der Waals surface area contributed by atoms with Crippen LogP contribution in [0.2, 0.25) is 0 Å². The van der Waals surface area contributed by atoms with Crippen LogP contribution >= 0.6 is 0 Å². The third-order valence-corrected chi connectivity index (χ3v) is 7.19. The van der Waals surface area contributed by atoms with Crippen LogP contribution in [0, 0.1) is 5.92 Å². The second-order valence-electron chi connectivity index (χ2n) is 9.62. The zero-order valence-electron chi connectivity index (χ0n) is 24.7. The fourth-order valence-corrected chi connectivity index (χ4v) is 5.31. The normalized spacial score (nSPS) is 22.2. The summed E-state index contributed by atoms with van der Waals surface area (Å²) in [6.07, 6.45) is 0.936. The van der Waals surface area contributed by atoms with Crippen molar-refractivity contribution in [1.82, 2.24) is 0 Å². The van der Waals surface area contributed by atoms with Gasteiger partial charge in [-0.1, -0.05) is 39.8 Å². The van der Waals surface area contributed by atoms with E-state index in [0.29, 0.717) is 12.1 Å². The van der Waals surface area contributed by atoms with Gasteiger partial charge in [0, 0.05) is 35.3 Å².